The summed E-state index contributed by atoms with van der Waals surface area (Å²) in [6.07, 6.45) is 0. The minimum Gasteiger partial charge on any atom is -0.484 e. The lowest BCUT2D eigenvalue weighted by atomic mass is 10.3. The molecule has 4 rings (SSSR count). The number of nitrogens with zero attached hydrogens (tertiary/aromatic N) is 4. The number of thioether (sulfide) groups is 1. The first-order valence-corrected chi connectivity index (χ1v) is 10.8. The number of thiazole rings is 1. The van der Waals surface area contributed by atoms with Crippen LogP contribution < -0.4 is 10.1 Å². The summed E-state index contributed by atoms with van der Waals surface area (Å²) in [6.45, 7) is 0.228. The number of para-hydroxylation sites is 2. The van der Waals surface area contributed by atoms with E-state index in [4.69, 9.17) is 16.3 Å². The summed E-state index contributed by atoms with van der Waals surface area (Å²) in [6, 6.07) is 15.0. The van der Waals surface area contributed by atoms with Crippen LogP contribution in [-0.4, -0.2) is 31.4 Å². The number of fused-ring (bicyclic) bond motifs is 1. The number of amides is 1. The molecule has 0 aliphatic heterocycles. The molecule has 0 atom stereocenters. The van der Waals surface area contributed by atoms with Gasteiger partial charge < -0.3 is 14.6 Å². The number of carbonyl (C=O) groups excluding carboxylic acids is 1. The van der Waals surface area contributed by atoms with Crippen LogP contribution in [-0.2, 0) is 18.4 Å². The van der Waals surface area contributed by atoms with Gasteiger partial charge in [-0.05, 0) is 24.3 Å². The third-order valence-corrected chi connectivity index (χ3v) is 6.28. The number of nitrogens with one attached hydrogen (secondary N) is 1. The predicted molar refractivity (Wildman–Crippen MR) is 116 cm³/mol. The molecule has 0 aliphatic carbocycles. The van der Waals surface area contributed by atoms with Gasteiger partial charge in [-0.15, -0.1) is 10.2 Å². The average molecular weight is 446 g/mol. The van der Waals surface area contributed by atoms with Crippen molar-refractivity contribution >= 4 is 56.0 Å². The van der Waals surface area contributed by atoms with Crippen LogP contribution in [0, 0.1) is 0 Å². The summed E-state index contributed by atoms with van der Waals surface area (Å²) in [5.74, 6) is 1.28. The van der Waals surface area contributed by atoms with Gasteiger partial charge >= 0.3 is 0 Å². The van der Waals surface area contributed by atoms with Gasteiger partial charge in [-0.2, -0.15) is 0 Å². The Balaban J connectivity index is 1.32. The second kappa shape index (κ2) is 8.81. The molecule has 0 spiro atoms. The van der Waals surface area contributed by atoms with E-state index in [2.05, 4.69) is 20.5 Å². The molecule has 0 radical (unpaired) electrons. The molecular weight excluding hydrogens is 430 g/mol. The van der Waals surface area contributed by atoms with Crippen LogP contribution in [0.3, 0.4) is 0 Å². The van der Waals surface area contributed by atoms with Gasteiger partial charge in [0, 0.05) is 7.05 Å². The fourth-order valence-electron chi connectivity index (χ4n) is 2.51. The summed E-state index contributed by atoms with van der Waals surface area (Å²) < 4.78 is 8.53. The topological polar surface area (TPSA) is 81.9 Å². The van der Waals surface area contributed by atoms with Crippen molar-refractivity contribution < 1.29 is 9.53 Å². The van der Waals surface area contributed by atoms with Gasteiger partial charge in [-0.3, -0.25) is 4.79 Å². The molecule has 2 aromatic carbocycles. The van der Waals surface area contributed by atoms with Crippen molar-refractivity contribution in [2.45, 2.75) is 11.8 Å². The normalized spacial score (nSPS) is 11.0. The molecule has 0 fully saturated rings. The van der Waals surface area contributed by atoms with Gasteiger partial charge in [0.2, 0.25) is 5.91 Å². The molecule has 10 heteroatoms. The first-order chi connectivity index (χ1) is 14.1. The second-order valence-corrected chi connectivity index (χ2v) is 8.38. The SMILES string of the molecule is Cn1c(COc2ccccc2Cl)nnc1SCC(=O)Nc1nc2ccccc2s1. The standard InChI is InChI=1S/C19H16ClN5O2S2/c1-25-16(10-27-14-8-4-2-6-12(14)20)23-24-19(25)28-11-17(26)22-18-21-13-7-3-5-9-15(13)29-18/h2-9H,10-11H2,1H3,(H,21,22,26). The molecule has 4 aromatic rings. The third kappa shape index (κ3) is 4.69. The molecule has 0 saturated carbocycles. The van der Waals surface area contributed by atoms with E-state index in [0.717, 1.165) is 10.2 Å². The maximum atomic E-state index is 12.3. The summed E-state index contributed by atoms with van der Waals surface area (Å²) in [4.78, 5) is 16.7. The number of anilines is 1. The van der Waals surface area contributed by atoms with Gasteiger partial charge in [-0.25, -0.2) is 4.98 Å². The van der Waals surface area contributed by atoms with E-state index in [1.165, 1.54) is 23.1 Å². The van der Waals surface area contributed by atoms with E-state index in [-0.39, 0.29) is 18.3 Å². The number of hydrogen-bond acceptors (Lipinski definition) is 7. The Labute approximate surface area is 180 Å². The monoisotopic (exact) mass is 445 g/mol. The number of halogens is 1. The van der Waals surface area contributed by atoms with Crippen molar-refractivity contribution in [3.63, 3.8) is 0 Å². The summed E-state index contributed by atoms with van der Waals surface area (Å²) in [7, 11) is 1.83. The Bertz CT molecular complexity index is 1130. The highest BCUT2D eigenvalue weighted by atomic mass is 35.5. The summed E-state index contributed by atoms with van der Waals surface area (Å²) in [5, 5.41) is 12.9. The minimum atomic E-state index is -0.147. The van der Waals surface area contributed by atoms with Gasteiger partial charge in [0.05, 0.1) is 21.0 Å². The van der Waals surface area contributed by atoms with Crippen molar-refractivity contribution in [2.75, 3.05) is 11.1 Å². The molecule has 7 nitrogen and oxygen atoms in total. The highest BCUT2D eigenvalue weighted by Crippen LogP contribution is 2.26. The van der Waals surface area contributed by atoms with Crippen LogP contribution in [0.5, 0.6) is 5.75 Å². The first-order valence-electron chi connectivity index (χ1n) is 8.64. The van der Waals surface area contributed by atoms with Crippen LogP contribution in [0.2, 0.25) is 5.02 Å². The smallest absolute Gasteiger partial charge is 0.236 e. The Kier molecular flexibility index (Phi) is 5.98. The number of rotatable bonds is 7. The molecule has 0 bridgehead atoms. The Hall–Kier alpha value is -2.62. The van der Waals surface area contributed by atoms with E-state index in [1.54, 1.807) is 16.7 Å². The minimum absolute atomic E-state index is 0.147. The maximum absolute atomic E-state index is 12.3. The quantitative estimate of drug-likeness (QED) is 0.425. The summed E-state index contributed by atoms with van der Waals surface area (Å²) >= 11 is 8.84. The highest BCUT2D eigenvalue weighted by Gasteiger charge is 2.14. The average Bonchev–Trinajstić information content (AvgIpc) is 3.28. The van der Waals surface area contributed by atoms with Gasteiger partial charge in [-0.1, -0.05) is 59.0 Å². The Morgan fingerprint density at radius 1 is 1.21 bits per heavy atom. The van der Waals surface area contributed by atoms with E-state index >= 15 is 0 Å². The predicted octanol–water partition coefficient (Wildman–Crippen LogP) is 4.39. The lowest BCUT2D eigenvalue weighted by Crippen LogP contribution is -2.14. The van der Waals surface area contributed by atoms with E-state index in [9.17, 15) is 4.79 Å². The van der Waals surface area contributed by atoms with E-state index in [0.29, 0.717) is 26.9 Å². The van der Waals surface area contributed by atoms with Gasteiger partial charge in [0.25, 0.3) is 0 Å². The van der Waals surface area contributed by atoms with Crippen LogP contribution in [0.25, 0.3) is 10.2 Å². The van der Waals surface area contributed by atoms with E-state index < -0.39 is 0 Å². The number of aromatic nitrogens is 4. The lowest BCUT2D eigenvalue weighted by molar-refractivity contribution is -0.113. The number of hydrogen-bond donors (Lipinski definition) is 1. The van der Waals surface area contributed by atoms with Gasteiger partial charge in [0.15, 0.2) is 16.1 Å². The molecule has 1 N–H and O–H groups in total. The molecule has 2 heterocycles. The number of ether oxygens (including phenoxy) is 1. The molecular formula is C19H16ClN5O2S2. The van der Waals surface area contributed by atoms with E-state index in [1.807, 2.05) is 43.4 Å². The van der Waals surface area contributed by atoms with Crippen molar-refractivity contribution in [1.29, 1.82) is 0 Å². The Morgan fingerprint density at radius 3 is 2.83 bits per heavy atom. The maximum Gasteiger partial charge on any atom is 0.236 e. The van der Waals surface area contributed by atoms with Crippen LogP contribution in [0.4, 0.5) is 5.13 Å². The molecule has 148 valence electrons. The van der Waals surface area contributed by atoms with Crippen LogP contribution >= 0.6 is 34.7 Å². The largest absolute Gasteiger partial charge is 0.484 e. The van der Waals surface area contributed by atoms with Crippen LogP contribution in [0.15, 0.2) is 53.7 Å². The van der Waals surface area contributed by atoms with Crippen molar-refractivity contribution in [2.24, 2.45) is 7.05 Å². The molecule has 0 aliphatic rings. The Morgan fingerprint density at radius 2 is 2.00 bits per heavy atom. The fraction of sp³-hybridized carbons (Fsp3) is 0.158. The third-order valence-electron chi connectivity index (χ3n) is 3.99. The zero-order valence-corrected chi connectivity index (χ0v) is 17.7. The van der Waals surface area contributed by atoms with Crippen molar-refractivity contribution in [3.05, 3.63) is 59.4 Å². The first kappa shape index (κ1) is 19.7. The molecule has 29 heavy (non-hydrogen) atoms. The zero-order valence-electron chi connectivity index (χ0n) is 15.3. The molecule has 0 saturated heterocycles. The van der Waals surface area contributed by atoms with Crippen molar-refractivity contribution in [3.8, 4) is 5.75 Å². The second-order valence-electron chi connectivity index (χ2n) is 6.00. The molecule has 1 amide bonds. The highest BCUT2D eigenvalue weighted by molar-refractivity contribution is 7.99. The molecule has 2 aromatic heterocycles. The summed E-state index contributed by atoms with van der Waals surface area (Å²) in [5.41, 5.74) is 0.872. The molecule has 0 unspecified atom stereocenters. The number of benzene rings is 2. The number of carbonyl (C=O) groups is 1. The van der Waals surface area contributed by atoms with Gasteiger partial charge in [0.1, 0.15) is 12.4 Å². The van der Waals surface area contributed by atoms with Crippen molar-refractivity contribution in [1.82, 2.24) is 19.7 Å². The fourth-order valence-corrected chi connectivity index (χ4v) is 4.31. The van der Waals surface area contributed by atoms with Crippen LogP contribution in [0.1, 0.15) is 5.82 Å². The zero-order chi connectivity index (χ0) is 20.2. The lowest BCUT2D eigenvalue weighted by Gasteiger charge is -2.07.